The average molecular weight is 276 g/mol. The van der Waals surface area contributed by atoms with E-state index >= 15 is 0 Å². The number of nitrogens with one attached hydrogen (secondary N) is 1. The molecule has 1 N–H and O–H groups in total. The van der Waals surface area contributed by atoms with Crippen LogP contribution in [0.1, 0.15) is 11.3 Å². The van der Waals surface area contributed by atoms with E-state index in [1.54, 1.807) is 0 Å². The number of rotatable bonds is 4. The van der Waals surface area contributed by atoms with E-state index in [9.17, 15) is 0 Å². The molecule has 5 heteroatoms. The van der Waals surface area contributed by atoms with Crippen LogP contribution >= 0.6 is 11.3 Å². The van der Waals surface area contributed by atoms with Gasteiger partial charge >= 0.3 is 0 Å². The Morgan fingerprint density at radius 2 is 2.42 bits per heavy atom. The van der Waals surface area contributed by atoms with Crippen LogP contribution in [0.3, 0.4) is 0 Å². The fourth-order valence-corrected chi connectivity index (χ4v) is 3.60. The second-order valence-electron chi connectivity index (χ2n) is 5.23. The molecule has 3 heterocycles. The minimum atomic E-state index is 0.684. The molecule has 19 heavy (non-hydrogen) atoms. The Labute approximate surface area is 118 Å². The van der Waals surface area contributed by atoms with Crippen molar-refractivity contribution in [2.75, 3.05) is 20.1 Å². The van der Waals surface area contributed by atoms with Crippen LogP contribution in [-0.2, 0) is 13.6 Å². The van der Waals surface area contributed by atoms with E-state index < -0.39 is 0 Å². The molecular weight excluding hydrogens is 256 g/mol. The van der Waals surface area contributed by atoms with Gasteiger partial charge in [-0.25, -0.2) is 0 Å². The lowest BCUT2D eigenvalue weighted by Crippen LogP contribution is -2.32. The van der Waals surface area contributed by atoms with Gasteiger partial charge in [0.1, 0.15) is 0 Å². The Morgan fingerprint density at radius 1 is 1.53 bits per heavy atom. The summed E-state index contributed by atoms with van der Waals surface area (Å²) < 4.78 is 1.85. The number of nitrogens with zero attached hydrogens (tertiary/aromatic N) is 3. The third-order valence-corrected chi connectivity index (χ3v) is 4.83. The SMILES string of the molecule is CN(Cc1ccc(-c2cnn(C)c2)s1)C1CCNC1. The number of hydrogen-bond donors (Lipinski definition) is 1. The molecule has 1 aliphatic rings. The number of thiophene rings is 1. The number of hydrogen-bond acceptors (Lipinski definition) is 4. The zero-order valence-corrected chi connectivity index (χ0v) is 12.3. The largest absolute Gasteiger partial charge is 0.315 e. The molecule has 1 saturated heterocycles. The summed E-state index contributed by atoms with van der Waals surface area (Å²) in [5.74, 6) is 0. The molecule has 1 fully saturated rings. The zero-order chi connectivity index (χ0) is 13.2. The third-order valence-electron chi connectivity index (χ3n) is 3.71. The standard InChI is InChI=1S/C14H20N4S/c1-17(12-5-6-15-8-12)10-13-3-4-14(19-13)11-7-16-18(2)9-11/h3-4,7,9,12,15H,5-6,8,10H2,1-2H3. The van der Waals surface area contributed by atoms with E-state index in [4.69, 9.17) is 0 Å². The summed E-state index contributed by atoms with van der Waals surface area (Å²) in [6.07, 6.45) is 5.26. The molecule has 0 aromatic carbocycles. The third kappa shape index (κ3) is 2.88. The minimum absolute atomic E-state index is 0.684. The fraction of sp³-hybridized carbons (Fsp3) is 0.500. The Bertz CT molecular complexity index is 539. The summed E-state index contributed by atoms with van der Waals surface area (Å²) in [6.45, 7) is 3.31. The second-order valence-corrected chi connectivity index (χ2v) is 6.40. The van der Waals surface area contributed by atoms with E-state index in [-0.39, 0.29) is 0 Å². The molecule has 0 aliphatic carbocycles. The normalized spacial score (nSPS) is 19.4. The Morgan fingerprint density at radius 3 is 3.11 bits per heavy atom. The Hall–Kier alpha value is -1.17. The molecule has 1 aliphatic heterocycles. The summed E-state index contributed by atoms with van der Waals surface area (Å²) in [6, 6.07) is 5.13. The lowest BCUT2D eigenvalue weighted by atomic mass is 10.2. The summed E-state index contributed by atoms with van der Waals surface area (Å²) in [5, 5.41) is 7.65. The Kier molecular flexibility index (Phi) is 3.68. The lowest BCUT2D eigenvalue weighted by Gasteiger charge is -2.22. The van der Waals surface area contributed by atoms with Crippen molar-refractivity contribution in [3.8, 4) is 10.4 Å². The van der Waals surface area contributed by atoms with Crippen LogP contribution in [0.4, 0.5) is 0 Å². The lowest BCUT2D eigenvalue weighted by molar-refractivity contribution is 0.251. The minimum Gasteiger partial charge on any atom is -0.315 e. The Balaban J connectivity index is 1.67. The smallest absolute Gasteiger partial charge is 0.0576 e. The van der Waals surface area contributed by atoms with E-state index in [1.165, 1.54) is 21.7 Å². The maximum absolute atomic E-state index is 4.23. The summed E-state index contributed by atoms with van der Waals surface area (Å²) in [5.41, 5.74) is 1.21. The van der Waals surface area contributed by atoms with Gasteiger partial charge in [0, 0.05) is 47.7 Å². The van der Waals surface area contributed by atoms with Crippen molar-refractivity contribution >= 4 is 11.3 Å². The highest BCUT2D eigenvalue weighted by molar-refractivity contribution is 7.15. The molecule has 0 amide bonds. The van der Waals surface area contributed by atoms with Crippen molar-refractivity contribution in [1.29, 1.82) is 0 Å². The topological polar surface area (TPSA) is 33.1 Å². The summed E-state index contributed by atoms with van der Waals surface area (Å²) in [7, 11) is 4.18. The van der Waals surface area contributed by atoms with E-state index in [1.807, 2.05) is 29.3 Å². The first kappa shape index (κ1) is 12.8. The van der Waals surface area contributed by atoms with Gasteiger partial charge in [-0.2, -0.15) is 5.10 Å². The highest BCUT2D eigenvalue weighted by Crippen LogP contribution is 2.28. The molecule has 0 radical (unpaired) electrons. The molecule has 0 bridgehead atoms. The second kappa shape index (κ2) is 5.45. The number of aromatic nitrogens is 2. The van der Waals surface area contributed by atoms with Crippen LogP contribution in [0, 0.1) is 0 Å². The molecule has 0 spiro atoms. The fourth-order valence-electron chi connectivity index (χ4n) is 2.56. The van der Waals surface area contributed by atoms with Crippen molar-refractivity contribution in [2.24, 2.45) is 7.05 Å². The van der Waals surface area contributed by atoms with Crippen LogP contribution in [0.5, 0.6) is 0 Å². The predicted octanol–water partition coefficient (Wildman–Crippen LogP) is 1.94. The van der Waals surface area contributed by atoms with Gasteiger partial charge in [0.25, 0.3) is 0 Å². The van der Waals surface area contributed by atoms with Crippen LogP contribution in [0.15, 0.2) is 24.5 Å². The first-order valence-electron chi connectivity index (χ1n) is 6.71. The van der Waals surface area contributed by atoms with Gasteiger partial charge < -0.3 is 5.32 Å². The maximum atomic E-state index is 4.23. The quantitative estimate of drug-likeness (QED) is 0.926. The molecule has 1 atom stereocenters. The van der Waals surface area contributed by atoms with Crippen LogP contribution in [-0.4, -0.2) is 40.9 Å². The molecular formula is C14H20N4S. The monoisotopic (exact) mass is 276 g/mol. The van der Waals surface area contributed by atoms with Crippen molar-refractivity contribution < 1.29 is 0 Å². The van der Waals surface area contributed by atoms with Gasteiger partial charge in [0.05, 0.1) is 6.20 Å². The van der Waals surface area contributed by atoms with Gasteiger partial charge in [0.15, 0.2) is 0 Å². The van der Waals surface area contributed by atoms with Crippen molar-refractivity contribution in [1.82, 2.24) is 20.0 Å². The molecule has 3 rings (SSSR count). The van der Waals surface area contributed by atoms with Crippen molar-refractivity contribution in [2.45, 2.75) is 19.0 Å². The summed E-state index contributed by atoms with van der Waals surface area (Å²) in [4.78, 5) is 5.19. The van der Waals surface area contributed by atoms with Gasteiger partial charge in [-0.1, -0.05) is 0 Å². The predicted molar refractivity (Wildman–Crippen MR) is 79.3 cm³/mol. The van der Waals surface area contributed by atoms with Gasteiger partial charge in [-0.05, 0) is 32.1 Å². The van der Waals surface area contributed by atoms with E-state index in [0.717, 1.165) is 19.6 Å². The molecule has 102 valence electrons. The molecule has 4 nitrogen and oxygen atoms in total. The highest BCUT2D eigenvalue weighted by Gasteiger charge is 2.19. The maximum Gasteiger partial charge on any atom is 0.0576 e. The van der Waals surface area contributed by atoms with Gasteiger partial charge in [-0.3, -0.25) is 9.58 Å². The first-order valence-corrected chi connectivity index (χ1v) is 7.53. The molecule has 0 saturated carbocycles. The summed E-state index contributed by atoms with van der Waals surface area (Å²) >= 11 is 1.87. The number of aryl methyl sites for hydroxylation is 1. The van der Waals surface area contributed by atoms with E-state index in [0.29, 0.717) is 6.04 Å². The molecule has 2 aromatic rings. The van der Waals surface area contributed by atoms with Gasteiger partial charge in [0.2, 0.25) is 0 Å². The van der Waals surface area contributed by atoms with Crippen LogP contribution in [0.2, 0.25) is 0 Å². The van der Waals surface area contributed by atoms with Crippen LogP contribution < -0.4 is 5.32 Å². The van der Waals surface area contributed by atoms with E-state index in [2.05, 4.69) is 40.7 Å². The first-order chi connectivity index (χ1) is 9.22. The number of likely N-dealkylation sites (N-methyl/N-ethyl adjacent to an activating group) is 1. The average Bonchev–Trinajstić information content (AvgIpc) is 3.07. The van der Waals surface area contributed by atoms with Crippen molar-refractivity contribution in [3.05, 3.63) is 29.4 Å². The highest BCUT2D eigenvalue weighted by atomic mass is 32.1. The van der Waals surface area contributed by atoms with Crippen LogP contribution in [0.25, 0.3) is 10.4 Å². The molecule has 1 unspecified atom stereocenters. The van der Waals surface area contributed by atoms with Crippen molar-refractivity contribution in [3.63, 3.8) is 0 Å². The zero-order valence-electron chi connectivity index (χ0n) is 11.5. The van der Waals surface area contributed by atoms with Gasteiger partial charge in [-0.15, -0.1) is 11.3 Å². The molecule has 2 aromatic heterocycles.